The summed E-state index contributed by atoms with van der Waals surface area (Å²) in [6, 6.07) is 19.6. The van der Waals surface area contributed by atoms with E-state index in [4.69, 9.17) is 11.6 Å². The summed E-state index contributed by atoms with van der Waals surface area (Å²) >= 11 is 9.42. The van der Waals surface area contributed by atoms with Crippen molar-refractivity contribution in [2.24, 2.45) is 0 Å². The predicted octanol–water partition coefficient (Wildman–Crippen LogP) is 6.31. The fraction of sp³-hybridized carbons (Fsp3) is 0.111. The van der Waals surface area contributed by atoms with E-state index in [1.54, 1.807) is 18.2 Å². The van der Waals surface area contributed by atoms with Crippen molar-refractivity contribution >= 4 is 38.3 Å². The van der Waals surface area contributed by atoms with Crippen LogP contribution in [0.25, 0.3) is 10.8 Å². The quantitative estimate of drug-likeness (QED) is 0.478. The minimum absolute atomic E-state index is 0.0997. The zero-order valence-corrected chi connectivity index (χ0v) is 13.5. The summed E-state index contributed by atoms with van der Waals surface area (Å²) in [6.45, 7) is 0. The number of rotatable bonds is 3. The second-order valence-electron chi connectivity index (χ2n) is 5.00. The van der Waals surface area contributed by atoms with E-state index in [1.807, 2.05) is 12.1 Å². The molecular weight excluding hydrogens is 351 g/mol. The van der Waals surface area contributed by atoms with Crippen LogP contribution in [-0.2, 0) is 6.42 Å². The van der Waals surface area contributed by atoms with Crippen LogP contribution in [0.4, 0.5) is 4.39 Å². The number of hydrogen-bond acceptors (Lipinski definition) is 0. The summed E-state index contributed by atoms with van der Waals surface area (Å²) in [5, 5.41) is 2.57. The van der Waals surface area contributed by atoms with Crippen molar-refractivity contribution in [1.82, 2.24) is 0 Å². The molecule has 1 atom stereocenters. The average molecular weight is 364 g/mol. The fourth-order valence-electron chi connectivity index (χ4n) is 2.45. The summed E-state index contributed by atoms with van der Waals surface area (Å²) in [6.07, 6.45) is 0.710. The molecule has 0 bridgehead atoms. The van der Waals surface area contributed by atoms with Gasteiger partial charge >= 0.3 is 0 Å². The van der Waals surface area contributed by atoms with Crippen molar-refractivity contribution in [2.45, 2.75) is 11.2 Å². The molecule has 106 valence electrons. The van der Waals surface area contributed by atoms with Crippen LogP contribution in [0.2, 0.25) is 5.02 Å². The molecule has 21 heavy (non-hydrogen) atoms. The maximum atomic E-state index is 14.0. The third-order valence-corrected chi connectivity index (χ3v) is 4.66. The Balaban J connectivity index is 1.89. The van der Waals surface area contributed by atoms with E-state index >= 15 is 0 Å². The molecule has 0 spiro atoms. The minimum atomic E-state index is -0.346. The Labute approximate surface area is 136 Å². The predicted molar refractivity (Wildman–Crippen MR) is 90.7 cm³/mol. The van der Waals surface area contributed by atoms with Gasteiger partial charge in [0.25, 0.3) is 0 Å². The number of benzene rings is 3. The van der Waals surface area contributed by atoms with Gasteiger partial charge in [-0.25, -0.2) is 4.39 Å². The van der Waals surface area contributed by atoms with Crippen LogP contribution in [0.1, 0.15) is 16.0 Å². The van der Waals surface area contributed by atoms with Crippen molar-refractivity contribution in [3.8, 4) is 0 Å². The highest BCUT2D eigenvalue weighted by molar-refractivity contribution is 9.09. The van der Waals surface area contributed by atoms with E-state index in [0.29, 0.717) is 12.0 Å². The molecule has 3 rings (SSSR count). The Bertz CT molecular complexity index is 785. The molecule has 0 nitrogen and oxygen atoms in total. The van der Waals surface area contributed by atoms with Gasteiger partial charge in [0.15, 0.2) is 0 Å². The van der Waals surface area contributed by atoms with Gasteiger partial charge in [-0.2, -0.15) is 0 Å². The molecule has 0 saturated heterocycles. The molecular formula is C18H13BrClF. The van der Waals surface area contributed by atoms with Crippen LogP contribution in [-0.4, -0.2) is 0 Å². The monoisotopic (exact) mass is 362 g/mol. The van der Waals surface area contributed by atoms with Crippen molar-refractivity contribution < 1.29 is 4.39 Å². The van der Waals surface area contributed by atoms with E-state index in [-0.39, 0.29) is 15.7 Å². The molecule has 0 saturated carbocycles. The third-order valence-electron chi connectivity index (χ3n) is 3.55. The lowest BCUT2D eigenvalue weighted by Gasteiger charge is -2.12. The van der Waals surface area contributed by atoms with Gasteiger partial charge in [-0.05, 0) is 28.8 Å². The number of alkyl halides is 1. The van der Waals surface area contributed by atoms with E-state index in [0.717, 1.165) is 5.56 Å². The number of halogens is 3. The molecule has 0 heterocycles. The molecule has 0 fully saturated rings. The molecule has 0 N–H and O–H groups in total. The highest BCUT2D eigenvalue weighted by Crippen LogP contribution is 2.32. The fourth-order valence-corrected chi connectivity index (χ4v) is 3.35. The Morgan fingerprint density at radius 1 is 0.952 bits per heavy atom. The zero-order valence-electron chi connectivity index (χ0n) is 11.2. The summed E-state index contributed by atoms with van der Waals surface area (Å²) in [4.78, 5) is -0.0997. The lowest BCUT2D eigenvalue weighted by molar-refractivity contribution is 0.608. The SMILES string of the molecule is Fc1c(Cl)cccc1C(Br)Cc1ccc2ccccc2c1. The maximum absolute atomic E-state index is 14.0. The average Bonchev–Trinajstić information content (AvgIpc) is 2.50. The molecule has 0 aromatic heterocycles. The van der Waals surface area contributed by atoms with Crippen LogP contribution < -0.4 is 0 Å². The van der Waals surface area contributed by atoms with Crippen molar-refractivity contribution in [3.05, 3.63) is 82.6 Å². The lowest BCUT2D eigenvalue weighted by Crippen LogP contribution is -1.99. The standard InChI is InChI=1S/C18H13BrClF/c19-16(15-6-3-7-17(20)18(15)21)11-12-8-9-13-4-1-2-5-14(13)10-12/h1-10,16H,11H2. The summed E-state index contributed by atoms with van der Waals surface area (Å²) in [5.74, 6) is -0.346. The second-order valence-corrected chi connectivity index (χ2v) is 6.51. The first-order valence-electron chi connectivity index (χ1n) is 6.71. The van der Waals surface area contributed by atoms with Gasteiger partial charge in [-0.3, -0.25) is 0 Å². The summed E-state index contributed by atoms with van der Waals surface area (Å²) in [7, 11) is 0. The normalized spacial score (nSPS) is 12.5. The maximum Gasteiger partial charge on any atom is 0.146 e. The Kier molecular flexibility index (Phi) is 4.27. The van der Waals surface area contributed by atoms with Gasteiger partial charge in [0, 0.05) is 10.4 Å². The van der Waals surface area contributed by atoms with Gasteiger partial charge < -0.3 is 0 Å². The summed E-state index contributed by atoms with van der Waals surface area (Å²) < 4.78 is 14.0. The van der Waals surface area contributed by atoms with Crippen molar-refractivity contribution in [3.63, 3.8) is 0 Å². The van der Waals surface area contributed by atoms with Gasteiger partial charge in [0.2, 0.25) is 0 Å². The smallest absolute Gasteiger partial charge is 0.146 e. The Hall–Kier alpha value is -1.38. The van der Waals surface area contributed by atoms with E-state index in [2.05, 4.69) is 46.3 Å². The first kappa shape index (κ1) is 14.6. The van der Waals surface area contributed by atoms with E-state index in [1.165, 1.54) is 10.8 Å². The topological polar surface area (TPSA) is 0 Å². The third kappa shape index (κ3) is 3.12. The molecule has 0 radical (unpaired) electrons. The largest absolute Gasteiger partial charge is 0.205 e. The van der Waals surface area contributed by atoms with E-state index < -0.39 is 0 Å². The molecule has 3 aromatic carbocycles. The molecule has 0 aliphatic heterocycles. The number of hydrogen-bond donors (Lipinski definition) is 0. The molecule has 1 unspecified atom stereocenters. The van der Waals surface area contributed by atoms with Crippen molar-refractivity contribution in [1.29, 1.82) is 0 Å². The van der Waals surface area contributed by atoms with Crippen LogP contribution in [0.3, 0.4) is 0 Å². The van der Waals surface area contributed by atoms with Crippen LogP contribution in [0.5, 0.6) is 0 Å². The first-order chi connectivity index (χ1) is 10.1. The molecule has 3 heteroatoms. The molecule has 0 aliphatic carbocycles. The van der Waals surface area contributed by atoms with Crippen molar-refractivity contribution in [2.75, 3.05) is 0 Å². The Morgan fingerprint density at radius 3 is 2.52 bits per heavy atom. The highest BCUT2D eigenvalue weighted by atomic mass is 79.9. The van der Waals surface area contributed by atoms with Gasteiger partial charge in [0.05, 0.1) is 5.02 Å². The first-order valence-corrected chi connectivity index (χ1v) is 8.00. The van der Waals surface area contributed by atoms with Crippen LogP contribution in [0.15, 0.2) is 60.7 Å². The minimum Gasteiger partial charge on any atom is -0.205 e. The van der Waals surface area contributed by atoms with Gasteiger partial charge in [-0.1, -0.05) is 82.1 Å². The van der Waals surface area contributed by atoms with Crippen LogP contribution in [0, 0.1) is 5.82 Å². The van der Waals surface area contributed by atoms with Crippen LogP contribution >= 0.6 is 27.5 Å². The highest BCUT2D eigenvalue weighted by Gasteiger charge is 2.15. The lowest BCUT2D eigenvalue weighted by atomic mass is 10.0. The van der Waals surface area contributed by atoms with Gasteiger partial charge in [-0.15, -0.1) is 0 Å². The second kappa shape index (κ2) is 6.17. The zero-order chi connectivity index (χ0) is 14.8. The van der Waals surface area contributed by atoms with E-state index in [9.17, 15) is 4.39 Å². The molecule has 0 amide bonds. The van der Waals surface area contributed by atoms with Gasteiger partial charge in [0.1, 0.15) is 5.82 Å². The molecule has 3 aromatic rings. The molecule has 0 aliphatic rings. The number of fused-ring (bicyclic) bond motifs is 1. The summed E-state index contributed by atoms with van der Waals surface area (Å²) in [5.41, 5.74) is 1.76. The Morgan fingerprint density at radius 2 is 1.71 bits per heavy atom.